The van der Waals surface area contributed by atoms with Gasteiger partial charge in [0, 0.05) is 30.1 Å². The van der Waals surface area contributed by atoms with Crippen LogP contribution in [0.1, 0.15) is 21.7 Å². The number of nitrogens with zero attached hydrogens (tertiary/aromatic N) is 4. The second-order valence-corrected chi connectivity index (χ2v) is 7.39. The topological polar surface area (TPSA) is 66.8 Å². The molecule has 31 heavy (non-hydrogen) atoms. The summed E-state index contributed by atoms with van der Waals surface area (Å²) in [7, 11) is 1.61. The van der Waals surface area contributed by atoms with Crippen LogP contribution in [-0.4, -0.2) is 37.3 Å². The molecule has 0 saturated heterocycles. The van der Waals surface area contributed by atoms with Crippen LogP contribution < -0.4 is 0 Å². The molecular weight excluding hydrogens is 414 g/mol. The van der Waals surface area contributed by atoms with E-state index in [1.165, 1.54) is 27.8 Å². The van der Waals surface area contributed by atoms with Gasteiger partial charge in [-0.1, -0.05) is 0 Å². The quantitative estimate of drug-likeness (QED) is 0.390. The molecule has 0 atom stereocenters. The lowest BCUT2D eigenvalue weighted by Gasteiger charge is -2.26. The molecule has 0 fully saturated rings. The maximum atomic E-state index is 13.7. The Bertz CT molecular complexity index is 1340. The van der Waals surface area contributed by atoms with E-state index in [9.17, 15) is 22.4 Å². The number of nitrogens with one attached hydrogen (secondary N) is 1. The third-order valence-electron chi connectivity index (χ3n) is 5.47. The zero-order valence-corrected chi connectivity index (χ0v) is 16.2. The molecule has 1 N–H and O–H groups in total. The van der Waals surface area contributed by atoms with Crippen LogP contribution in [0.25, 0.3) is 22.2 Å². The van der Waals surface area contributed by atoms with Crippen molar-refractivity contribution in [2.45, 2.75) is 13.0 Å². The molecule has 1 amide bonds. The molecule has 1 aliphatic heterocycles. The van der Waals surface area contributed by atoms with Crippen molar-refractivity contribution in [1.82, 2.24) is 24.9 Å². The summed E-state index contributed by atoms with van der Waals surface area (Å²) in [6.07, 6.45) is 0.377. The van der Waals surface area contributed by atoms with E-state index in [0.29, 0.717) is 35.3 Å². The lowest BCUT2D eigenvalue weighted by Crippen LogP contribution is -2.36. The van der Waals surface area contributed by atoms with Gasteiger partial charge in [-0.05, 0) is 36.8 Å². The van der Waals surface area contributed by atoms with Crippen LogP contribution >= 0.6 is 0 Å². The smallest absolute Gasteiger partial charge is 0.275 e. The normalized spacial score (nSPS) is 13.6. The van der Waals surface area contributed by atoms with Crippen molar-refractivity contribution in [3.63, 3.8) is 0 Å². The van der Waals surface area contributed by atoms with Gasteiger partial charge in [-0.3, -0.25) is 14.6 Å². The van der Waals surface area contributed by atoms with E-state index in [-0.39, 0.29) is 23.7 Å². The molecule has 0 saturated carbocycles. The number of carbonyl (C=O) groups is 1. The van der Waals surface area contributed by atoms with E-state index in [4.69, 9.17) is 0 Å². The van der Waals surface area contributed by atoms with Crippen molar-refractivity contribution in [1.29, 1.82) is 0 Å². The number of benzene rings is 2. The summed E-state index contributed by atoms with van der Waals surface area (Å²) >= 11 is 0. The van der Waals surface area contributed by atoms with Crippen molar-refractivity contribution in [2.24, 2.45) is 7.05 Å². The molecule has 3 heterocycles. The fourth-order valence-electron chi connectivity index (χ4n) is 4.05. The highest BCUT2D eigenvalue weighted by Crippen LogP contribution is 2.32. The second kappa shape index (κ2) is 6.93. The van der Waals surface area contributed by atoms with Gasteiger partial charge in [-0.25, -0.2) is 17.6 Å². The van der Waals surface area contributed by atoms with Crippen LogP contribution in [0.3, 0.4) is 0 Å². The van der Waals surface area contributed by atoms with Crippen LogP contribution in [0.5, 0.6) is 0 Å². The minimum absolute atomic E-state index is 0.108. The number of carbonyl (C=O) groups excluding carboxylic acids is 1. The lowest BCUT2D eigenvalue weighted by molar-refractivity contribution is 0.0728. The molecule has 0 spiro atoms. The van der Waals surface area contributed by atoms with Crippen molar-refractivity contribution >= 4 is 16.8 Å². The van der Waals surface area contributed by atoms with E-state index in [2.05, 4.69) is 15.3 Å². The van der Waals surface area contributed by atoms with Gasteiger partial charge < -0.3 is 4.90 Å². The number of fused-ring (bicyclic) bond motifs is 2. The predicted octanol–water partition coefficient (Wildman–Crippen LogP) is 3.72. The molecule has 2 aromatic carbocycles. The molecular formula is C21H15F4N5O. The van der Waals surface area contributed by atoms with Crippen molar-refractivity contribution < 1.29 is 22.4 Å². The van der Waals surface area contributed by atoms with Crippen molar-refractivity contribution in [3.8, 4) is 11.3 Å². The fourth-order valence-corrected chi connectivity index (χ4v) is 4.05. The van der Waals surface area contributed by atoms with Gasteiger partial charge in [0.1, 0.15) is 5.82 Å². The average molecular weight is 429 g/mol. The van der Waals surface area contributed by atoms with Crippen molar-refractivity contribution in [2.75, 3.05) is 6.54 Å². The molecule has 0 aliphatic carbocycles. The molecule has 4 aromatic rings. The Morgan fingerprint density at radius 2 is 1.84 bits per heavy atom. The van der Waals surface area contributed by atoms with Crippen LogP contribution in [0.15, 0.2) is 30.3 Å². The first-order valence-electron chi connectivity index (χ1n) is 9.46. The number of halogens is 4. The zero-order chi connectivity index (χ0) is 21.9. The molecule has 2 aromatic heterocycles. The first-order valence-corrected chi connectivity index (χ1v) is 9.46. The molecule has 5 rings (SSSR count). The highest BCUT2D eigenvalue weighted by molar-refractivity contribution is 6.04. The number of hydrogen-bond donors (Lipinski definition) is 1. The van der Waals surface area contributed by atoms with Gasteiger partial charge in [-0.2, -0.15) is 10.2 Å². The van der Waals surface area contributed by atoms with Gasteiger partial charge in [0.05, 0.1) is 23.4 Å². The maximum absolute atomic E-state index is 13.7. The molecule has 158 valence electrons. The van der Waals surface area contributed by atoms with E-state index >= 15 is 0 Å². The maximum Gasteiger partial charge on any atom is 0.275 e. The summed E-state index contributed by atoms with van der Waals surface area (Å²) in [5.41, 5.74) is 2.58. The van der Waals surface area contributed by atoms with Crippen LogP contribution in [0.2, 0.25) is 0 Å². The Morgan fingerprint density at radius 3 is 2.58 bits per heavy atom. The predicted molar refractivity (Wildman–Crippen MR) is 103 cm³/mol. The van der Waals surface area contributed by atoms with Gasteiger partial charge in [0.15, 0.2) is 23.1 Å². The number of rotatable bonds is 2. The monoisotopic (exact) mass is 429 g/mol. The average Bonchev–Trinajstić information content (AvgIpc) is 3.30. The van der Waals surface area contributed by atoms with Crippen LogP contribution in [-0.2, 0) is 20.0 Å². The fraction of sp³-hybridized carbons (Fsp3) is 0.190. The second-order valence-electron chi connectivity index (χ2n) is 7.39. The first kappa shape index (κ1) is 19.3. The van der Waals surface area contributed by atoms with Gasteiger partial charge >= 0.3 is 0 Å². The van der Waals surface area contributed by atoms with E-state index < -0.39 is 23.3 Å². The molecule has 0 radical (unpaired) electrons. The van der Waals surface area contributed by atoms with Gasteiger partial charge in [0.25, 0.3) is 5.91 Å². The number of H-pyrrole nitrogens is 1. The number of aromatic amines is 1. The van der Waals surface area contributed by atoms with Crippen LogP contribution in [0, 0.1) is 23.3 Å². The first-order chi connectivity index (χ1) is 14.8. The van der Waals surface area contributed by atoms with Crippen molar-refractivity contribution in [3.05, 3.63) is 70.6 Å². The van der Waals surface area contributed by atoms with E-state index in [1.54, 1.807) is 7.05 Å². The Labute approximate surface area is 173 Å². The highest BCUT2D eigenvalue weighted by atomic mass is 19.2. The van der Waals surface area contributed by atoms with Gasteiger partial charge in [0.2, 0.25) is 0 Å². The third-order valence-corrected chi connectivity index (χ3v) is 5.47. The molecule has 0 bridgehead atoms. The number of aromatic nitrogens is 4. The summed E-state index contributed by atoms with van der Waals surface area (Å²) < 4.78 is 55.9. The van der Waals surface area contributed by atoms with E-state index in [1.807, 2.05) is 0 Å². The Hall–Kier alpha value is -3.69. The molecule has 10 heteroatoms. The SMILES string of the molecule is Cn1nc2c(c1-c1cc(F)c(F)c(F)c1)CCN(C(=O)c1n[nH]c3ccc(F)cc13)C2. The number of amides is 1. The molecule has 1 aliphatic rings. The third kappa shape index (κ3) is 3.06. The molecule has 6 nitrogen and oxygen atoms in total. The standard InChI is InChI=1S/C21H15F4N5O/c1-29-20(10-6-14(23)18(25)15(24)7-10)12-4-5-30(9-17(12)28-29)21(31)19-13-8-11(22)2-3-16(13)26-27-19/h2-3,6-8H,4-5,9H2,1H3,(H,26,27). The van der Waals surface area contributed by atoms with Crippen LogP contribution in [0.4, 0.5) is 17.6 Å². The van der Waals surface area contributed by atoms with Gasteiger partial charge in [-0.15, -0.1) is 0 Å². The summed E-state index contributed by atoms with van der Waals surface area (Å²) in [6, 6.07) is 5.89. The molecule has 0 unspecified atom stereocenters. The number of aryl methyl sites for hydroxylation is 1. The highest BCUT2D eigenvalue weighted by Gasteiger charge is 2.30. The minimum Gasteiger partial charge on any atom is -0.331 e. The summed E-state index contributed by atoms with van der Waals surface area (Å²) in [4.78, 5) is 14.6. The zero-order valence-electron chi connectivity index (χ0n) is 16.2. The largest absolute Gasteiger partial charge is 0.331 e. The summed E-state index contributed by atoms with van der Waals surface area (Å²) in [6.45, 7) is 0.457. The Morgan fingerprint density at radius 1 is 1.10 bits per heavy atom. The minimum atomic E-state index is -1.53. The lowest BCUT2D eigenvalue weighted by atomic mass is 9.99. The Balaban J connectivity index is 1.49. The van der Waals surface area contributed by atoms with E-state index in [0.717, 1.165) is 17.7 Å². The Kier molecular flexibility index (Phi) is 4.31. The number of hydrogen-bond acceptors (Lipinski definition) is 3. The summed E-state index contributed by atoms with van der Waals surface area (Å²) in [5.74, 6) is -4.95. The summed E-state index contributed by atoms with van der Waals surface area (Å²) in [5, 5.41) is 11.5.